The molecule has 5 heteroatoms. The van der Waals surface area contributed by atoms with Crippen molar-refractivity contribution in [3.63, 3.8) is 0 Å². The van der Waals surface area contributed by atoms with Crippen molar-refractivity contribution in [1.82, 2.24) is 5.32 Å². The highest BCUT2D eigenvalue weighted by Gasteiger charge is 2.45. The van der Waals surface area contributed by atoms with Crippen molar-refractivity contribution in [1.29, 1.82) is 5.26 Å². The number of nitrogens with one attached hydrogen (secondary N) is 1. The number of carbonyl (C=O) groups is 1. The van der Waals surface area contributed by atoms with Gasteiger partial charge in [-0.15, -0.1) is 0 Å². The summed E-state index contributed by atoms with van der Waals surface area (Å²) in [7, 11) is 0. The molecule has 1 amide bonds. The Morgan fingerprint density at radius 2 is 2.05 bits per heavy atom. The van der Waals surface area contributed by atoms with Crippen molar-refractivity contribution in [2.45, 2.75) is 38.3 Å². The Hall–Kier alpha value is -1.93. The second-order valence-corrected chi connectivity index (χ2v) is 5.31. The van der Waals surface area contributed by atoms with Gasteiger partial charge in [-0.2, -0.15) is 5.26 Å². The molecule has 0 heterocycles. The molecular weight excluding hydrogens is 259 g/mol. The minimum absolute atomic E-state index is 0.333. The molecule has 20 heavy (non-hydrogen) atoms. The normalized spacial score (nSPS) is 19.3. The van der Waals surface area contributed by atoms with E-state index in [-0.39, 0.29) is 11.7 Å². The van der Waals surface area contributed by atoms with E-state index in [1.807, 2.05) is 0 Å². The summed E-state index contributed by atoms with van der Waals surface area (Å²) < 4.78 is 12.8. The number of carbonyl (C=O) groups excluding carboxylic acids is 1. The van der Waals surface area contributed by atoms with Crippen molar-refractivity contribution in [2.24, 2.45) is 5.41 Å². The van der Waals surface area contributed by atoms with E-state index >= 15 is 0 Å². The van der Waals surface area contributed by atoms with Crippen LogP contribution in [0.4, 0.5) is 4.39 Å². The maximum absolute atomic E-state index is 12.8. The first-order valence-electron chi connectivity index (χ1n) is 6.64. The third-order valence-electron chi connectivity index (χ3n) is 3.90. The first kappa shape index (κ1) is 14.5. The van der Waals surface area contributed by atoms with Gasteiger partial charge >= 0.3 is 0 Å². The van der Waals surface area contributed by atoms with E-state index in [1.165, 1.54) is 24.3 Å². The van der Waals surface area contributed by atoms with Crippen molar-refractivity contribution < 1.29 is 14.3 Å². The number of nitriles is 1. The Labute approximate surface area is 117 Å². The van der Waals surface area contributed by atoms with Crippen LogP contribution < -0.4 is 5.32 Å². The topological polar surface area (TPSA) is 73.1 Å². The number of hydrogen-bond acceptors (Lipinski definition) is 3. The lowest BCUT2D eigenvalue weighted by molar-refractivity contribution is -0.133. The fraction of sp³-hybridized carbons (Fsp3) is 0.467. The van der Waals surface area contributed by atoms with Crippen LogP contribution in [0, 0.1) is 22.6 Å². The summed E-state index contributed by atoms with van der Waals surface area (Å²) in [6.45, 7) is 1.66. The molecule has 1 fully saturated rings. The number of benzene rings is 1. The Morgan fingerprint density at radius 1 is 1.45 bits per heavy atom. The lowest BCUT2D eigenvalue weighted by Gasteiger charge is -2.35. The third kappa shape index (κ3) is 2.66. The maximum Gasteiger partial charge on any atom is 0.240 e. The van der Waals surface area contributed by atoms with Gasteiger partial charge in [0, 0.05) is 0 Å². The molecule has 2 N–H and O–H groups in total. The van der Waals surface area contributed by atoms with Gasteiger partial charge in [0.05, 0.1) is 18.2 Å². The van der Waals surface area contributed by atoms with Gasteiger partial charge in [-0.3, -0.25) is 4.79 Å². The summed E-state index contributed by atoms with van der Waals surface area (Å²) in [5.74, 6) is -0.713. The van der Waals surface area contributed by atoms with Gasteiger partial charge in [-0.05, 0) is 43.9 Å². The SMILES string of the molecule is CC(NC(=O)C1(C#N)CCC1)C(O)c1ccc(F)cc1. The van der Waals surface area contributed by atoms with E-state index < -0.39 is 17.6 Å². The molecule has 0 aliphatic heterocycles. The fourth-order valence-electron chi connectivity index (χ4n) is 2.29. The van der Waals surface area contributed by atoms with Crippen LogP contribution in [0.5, 0.6) is 0 Å². The molecular formula is C15H17FN2O2. The molecule has 2 atom stereocenters. The van der Waals surface area contributed by atoms with Gasteiger partial charge in [0.25, 0.3) is 0 Å². The molecule has 1 aliphatic carbocycles. The highest BCUT2D eigenvalue weighted by atomic mass is 19.1. The zero-order chi connectivity index (χ0) is 14.8. The molecule has 0 spiro atoms. The van der Waals surface area contributed by atoms with Crippen LogP contribution in [0.25, 0.3) is 0 Å². The number of halogens is 1. The molecule has 2 unspecified atom stereocenters. The Morgan fingerprint density at radius 3 is 2.50 bits per heavy atom. The maximum atomic E-state index is 12.8. The largest absolute Gasteiger partial charge is 0.386 e. The van der Waals surface area contributed by atoms with E-state index in [2.05, 4.69) is 11.4 Å². The zero-order valence-electron chi connectivity index (χ0n) is 11.3. The van der Waals surface area contributed by atoms with Gasteiger partial charge in [-0.1, -0.05) is 12.1 Å². The molecule has 2 rings (SSSR count). The van der Waals surface area contributed by atoms with Crippen LogP contribution in [0.2, 0.25) is 0 Å². The number of rotatable bonds is 4. The average molecular weight is 276 g/mol. The quantitative estimate of drug-likeness (QED) is 0.884. The van der Waals surface area contributed by atoms with Crippen LogP contribution in [0.3, 0.4) is 0 Å². The minimum atomic E-state index is -0.935. The number of aliphatic hydroxyl groups excluding tert-OH is 1. The number of aliphatic hydroxyl groups is 1. The lowest BCUT2D eigenvalue weighted by Crippen LogP contribution is -2.49. The molecule has 1 aliphatic rings. The Bertz CT molecular complexity index is 532. The Kier molecular flexibility index (Phi) is 4.05. The van der Waals surface area contributed by atoms with E-state index in [9.17, 15) is 14.3 Å². The van der Waals surface area contributed by atoms with Gasteiger partial charge < -0.3 is 10.4 Å². The predicted octanol–water partition coefficient (Wildman–Crippen LogP) is 2.06. The standard InChI is InChI=1S/C15H17FN2O2/c1-10(13(19)11-3-5-12(16)6-4-11)18-14(20)15(9-17)7-2-8-15/h3-6,10,13,19H,2,7-8H2,1H3,(H,18,20). The molecule has 1 aromatic rings. The van der Waals surface area contributed by atoms with Gasteiger partial charge in [0.1, 0.15) is 11.2 Å². The Balaban J connectivity index is 2.01. The van der Waals surface area contributed by atoms with Gasteiger partial charge in [0.15, 0.2) is 0 Å². The number of nitrogens with zero attached hydrogens (tertiary/aromatic N) is 1. The van der Waals surface area contributed by atoms with Crippen LogP contribution in [0.15, 0.2) is 24.3 Å². The summed E-state index contributed by atoms with van der Waals surface area (Å²) in [4.78, 5) is 12.1. The smallest absolute Gasteiger partial charge is 0.240 e. The number of amides is 1. The van der Waals surface area contributed by atoms with Crippen molar-refractivity contribution >= 4 is 5.91 Å². The third-order valence-corrected chi connectivity index (χ3v) is 3.90. The summed E-state index contributed by atoms with van der Waals surface area (Å²) >= 11 is 0. The molecule has 0 aromatic heterocycles. The monoisotopic (exact) mass is 276 g/mol. The molecule has 1 saturated carbocycles. The second-order valence-electron chi connectivity index (χ2n) is 5.31. The molecule has 106 valence electrons. The van der Waals surface area contributed by atoms with Crippen molar-refractivity contribution in [3.8, 4) is 6.07 Å². The zero-order valence-corrected chi connectivity index (χ0v) is 11.3. The minimum Gasteiger partial charge on any atom is -0.386 e. The molecule has 0 radical (unpaired) electrons. The predicted molar refractivity (Wildman–Crippen MR) is 70.9 cm³/mol. The molecule has 1 aromatic carbocycles. The summed E-state index contributed by atoms with van der Waals surface area (Å²) in [6.07, 6.45) is 1.06. The highest BCUT2D eigenvalue weighted by Crippen LogP contribution is 2.40. The second kappa shape index (κ2) is 5.59. The summed E-state index contributed by atoms with van der Waals surface area (Å²) in [5, 5.41) is 21.9. The highest BCUT2D eigenvalue weighted by molar-refractivity contribution is 5.86. The van der Waals surface area contributed by atoms with Crippen LogP contribution >= 0.6 is 0 Å². The van der Waals surface area contributed by atoms with Crippen LogP contribution in [-0.2, 0) is 4.79 Å². The average Bonchev–Trinajstić information content (AvgIpc) is 2.38. The fourth-order valence-corrected chi connectivity index (χ4v) is 2.29. The van der Waals surface area contributed by atoms with Crippen LogP contribution in [0.1, 0.15) is 37.9 Å². The van der Waals surface area contributed by atoms with E-state index in [0.717, 1.165) is 6.42 Å². The number of hydrogen-bond donors (Lipinski definition) is 2. The summed E-state index contributed by atoms with van der Waals surface area (Å²) in [6, 6.07) is 7.00. The first-order chi connectivity index (χ1) is 9.48. The van der Waals surface area contributed by atoms with E-state index in [0.29, 0.717) is 18.4 Å². The molecule has 0 saturated heterocycles. The molecule has 4 nitrogen and oxygen atoms in total. The lowest BCUT2D eigenvalue weighted by atomic mass is 9.69. The molecule has 0 bridgehead atoms. The van der Waals surface area contributed by atoms with Gasteiger partial charge in [-0.25, -0.2) is 4.39 Å². The van der Waals surface area contributed by atoms with Gasteiger partial charge in [0.2, 0.25) is 5.91 Å². The summed E-state index contributed by atoms with van der Waals surface area (Å²) in [5.41, 5.74) is -0.407. The van der Waals surface area contributed by atoms with Crippen molar-refractivity contribution in [3.05, 3.63) is 35.6 Å². The van der Waals surface area contributed by atoms with Crippen molar-refractivity contribution in [2.75, 3.05) is 0 Å². The first-order valence-corrected chi connectivity index (χ1v) is 6.64. The van der Waals surface area contributed by atoms with E-state index in [1.54, 1.807) is 6.92 Å². The van der Waals surface area contributed by atoms with Crippen LogP contribution in [-0.4, -0.2) is 17.1 Å². The van der Waals surface area contributed by atoms with E-state index in [4.69, 9.17) is 5.26 Å².